The molecule has 2 N–H and O–H groups in total. The van der Waals surface area contributed by atoms with Crippen molar-refractivity contribution in [1.82, 2.24) is 4.90 Å². The number of nitrogens with zero attached hydrogens (tertiary/aromatic N) is 1. The molecule has 0 aromatic heterocycles. The fraction of sp³-hybridized carbons (Fsp3) is 0.444. The summed E-state index contributed by atoms with van der Waals surface area (Å²) >= 11 is 0. The van der Waals surface area contributed by atoms with E-state index in [4.69, 9.17) is 5.73 Å². The molecule has 0 heterocycles. The van der Waals surface area contributed by atoms with Crippen LogP contribution in [0.3, 0.4) is 0 Å². The maximum Gasteiger partial charge on any atom is 0.0479 e. The summed E-state index contributed by atoms with van der Waals surface area (Å²) in [6.45, 7) is 8.48. The highest BCUT2D eigenvalue weighted by Gasteiger charge is 2.22. The summed E-state index contributed by atoms with van der Waals surface area (Å²) in [4.78, 5) is 2.52. The van der Waals surface area contributed by atoms with Crippen molar-refractivity contribution in [3.8, 4) is 0 Å². The molecule has 0 aliphatic rings. The number of hydrogen-bond acceptors (Lipinski definition) is 2. The zero-order valence-electron chi connectivity index (χ0n) is 12.8. The molecule has 108 valence electrons. The van der Waals surface area contributed by atoms with Gasteiger partial charge >= 0.3 is 0 Å². The maximum absolute atomic E-state index is 6.12. The molecule has 0 aliphatic carbocycles. The molecular formula is C18H26N2. The summed E-state index contributed by atoms with van der Waals surface area (Å²) in [5.74, 6) is 0. The van der Waals surface area contributed by atoms with Gasteiger partial charge in [-0.2, -0.15) is 0 Å². The van der Waals surface area contributed by atoms with Gasteiger partial charge in [-0.05, 0) is 43.1 Å². The second-order valence-electron chi connectivity index (χ2n) is 5.65. The van der Waals surface area contributed by atoms with Crippen molar-refractivity contribution >= 4 is 10.8 Å². The Labute approximate surface area is 122 Å². The molecule has 2 heteroatoms. The molecular weight excluding hydrogens is 244 g/mol. The Kier molecular flexibility index (Phi) is 5.16. The van der Waals surface area contributed by atoms with E-state index >= 15 is 0 Å². The van der Waals surface area contributed by atoms with Crippen molar-refractivity contribution in [3.05, 3.63) is 48.0 Å². The lowest BCUT2D eigenvalue weighted by molar-refractivity contribution is 0.158. The Morgan fingerprint density at radius 3 is 2.40 bits per heavy atom. The van der Waals surface area contributed by atoms with E-state index in [1.807, 2.05) is 0 Å². The summed E-state index contributed by atoms with van der Waals surface area (Å²) in [7, 11) is 0. The van der Waals surface area contributed by atoms with Crippen LogP contribution in [0.2, 0.25) is 0 Å². The van der Waals surface area contributed by atoms with Gasteiger partial charge in [0.15, 0.2) is 0 Å². The Bertz CT molecular complexity index is 543. The SMILES string of the molecule is CCCN(C(C)C)C(CN)c1cccc2ccccc12. The van der Waals surface area contributed by atoms with Crippen LogP contribution in [0.5, 0.6) is 0 Å². The monoisotopic (exact) mass is 270 g/mol. The zero-order chi connectivity index (χ0) is 14.5. The second-order valence-corrected chi connectivity index (χ2v) is 5.65. The number of rotatable bonds is 6. The highest BCUT2D eigenvalue weighted by molar-refractivity contribution is 5.86. The number of nitrogens with two attached hydrogens (primary N) is 1. The first kappa shape index (κ1) is 15.0. The molecule has 1 unspecified atom stereocenters. The van der Waals surface area contributed by atoms with Gasteiger partial charge in [0.05, 0.1) is 0 Å². The third-order valence-corrected chi connectivity index (χ3v) is 3.95. The number of fused-ring (bicyclic) bond motifs is 1. The maximum atomic E-state index is 6.12. The molecule has 0 bridgehead atoms. The van der Waals surface area contributed by atoms with E-state index in [1.54, 1.807) is 0 Å². The predicted molar refractivity (Wildman–Crippen MR) is 87.9 cm³/mol. The minimum Gasteiger partial charge on any atom is -0.329 e. The Balaban J connectivity index is 2.48. The molecule has 2 aromatic carbocycles. The fourth-order valence-electron chi connectivity index (χ4n) is 3.01. The highest BCUT2D eigenvalue weighted by atomic mass is 15.2. The van der Waals surface area contributed by atoms with E-state index < -0.39 is 0 Å². The predicted octanol–water partition coefficient (Wildman–Crippen LogP) is 3.96. The van der Waals surface area contributed by atoms with Crippen molar-refractivity contribution in [2.75, 3.05) is 13.1 Å². The van der Waals surface area contributed by atoms with E-state index in [-0.39, 0.29) is 0 Å². The topological polar surface area (TPSA) is 29.3 Å². The summed E-state index contributed by atoms with van der Waals surface area (Å²) in [6, 6.07) is 15.9. The Morgan fingerprint density at radius 1 is 1.05 bits per heavy atom. The van der Waals surface area contributed by atoms with Crippen LogP contribution in [0, 0.1) is 0 Å². The molecule has 0 aliphatic heterocycles. The minimum absolute atomic E-state index is 0.293. The number of benzene rings is 2. The van der Waals surface area contributed by atoms with Gasteiger partial charge in [0.25, 0.3) is 0 Å². The molecule has 0 spiro atoms. The molecule has 2 aromatic rings. The van der Waals surface area contributed by atoms with Crippen LogP contribution in [-0.2, 0) is 0 Å². The molecule has 0 saturated heterocycles. The lowest BCUT2D eigenvalue weighted by Crippen LogP contribution is -2.39. The summed E-state index contributed by atoms with van der Waals surface area (Å²) < 4.78 is 0. The van der Waals surface area contributed by atoms with E-state index in [1.165, 1.54) is 16.3 Å². The van der Waals surface area contributed by atoms with Gasteiger partial charge in [0, 0.05) is 18.6 Å². The lowest BCUT2D eigenvalue weighted by atomic mass is 9.96. The first-order chi connectivity index (χ1) is 9.69. The smallest absolute Gasteiger partial charge is 0.0479 e. The van der Waals surface area contributed by atoms with Crippen LogP contribution in [0.1, 0.15) is 38.8 Å². The molecule has 0 amide bonds. The summed E-state index contributed by atoms with van der Waals surface area (Å²) in [5.41, 5.74) is 7.48. The van der Waals surface area contributed by atoms with E-state index in [0.717, 1.165) is 13.0 Å². The molecule has 2 nitrogen and oxygen atoms in total. The molecule has 0 fully saturated rings. The largest absolute Gasteiger partial charge is 0.329 e. The first-order valence-electron chi connectivity index (χ1n) is 7.62. The number of hydrogen-bond donors (Lipinski definition) is 1. The van der Waals surface area contributed by atoms with Gasteiger partial charge < -0.3 is 5.73 Å². The second kappa shape index (κ2) is 6.87. The van der Waals surface area contributed by atoms with Crippen molar-refractivity contribution < 1.29 is 0 Å². The normalized spacial score (nSPS) is 13.3. The molecule has 0 radical (unpaired) electrons. The third kappa shape index (κ3) is 3.02. The van der Waals surface area contributed by atoms with E-state index in [0.29, 0.717) is 18.6 Å². The summed E-state index contributed by atoms with van der Waals surface area (Å²) in [5, 5.41) is 2.62. The molecule has 20 heavy (non-hydrogen) atoms. The van der Waals surface area contributed by atoms with Crippen molar-refractivity contribution in [3.63, 3.8) is 0 Å². The van der Waals surface area contributed by atoms with Gasteiger partial charge in [-0.25, -0.2) is 0 Å². The third-order valence-electron chi connectivity index (χ3n) is 3.95. The quantitative estimate of drug-likeness (QED) is 0.861. The standard InChI is InChI=1S/C18H26N2/c1-4-12-20(14(2)3)18(13-19)17-11-7-9-15-8-5-6-10-16(15)17/h5-11,14,18H,4,12-13,19H2,1-3H3. The van der Waals surface area contributed by atoms with Gasteiger partial charge in [-0.3, -0.25) is 4.90 Å². The van der Waals surface area contributed by atoms with E-state index in [2.05, 4.69) is 68.1 Å². The first-order valence-corrected chi connectivity index (χ1v) is 7.62. The van der Waals surface area contributed by atoms with Gasteiger partial charge in [-0.15, -0.1) is 0 Å². The minimum atomic E-state index is 0.293. The molecule has 1 atom stereocenters. The van der Waals surface area contributed by atoms with Crippen LogP contribution in [-0.4, -0.2) is 24.0 Å². The highest BCUT2D eigenvalue weighted by Crippen LogP contribution is 2.29. The van der Waals surface area contributed by atoms with Gasteiger partial charge in [-0.1, -0.05) is 49.4 Å². The van der Waals surface area contributed by atoms with Crippen molar-refractivity contribution in [2.45, 2.75) is 39.3 Å². The molecule has 2 rings (SSSR count). The Morgan fingerprint density at radius 2 is 1.75 bits per heavy atom. The van der Waals surface area contributed by atoms with Crippen molar-refractivity contribution in [2.24, 2.45) is 5.73 Å². The van der Waals surface area contributed by atoms with Crippen LogP contribution in [0.15, 0.2) is 42.5 Å². The van der Waals surface area contributed by atoms with Gasteiger partial charge in [0.2, 0.25) is 0 Å². The van der Waals surface area contributed by atoms with E-state index in [9.17, 15) is 0 Å². The lowest BCUT2D eigenvalue weighted by Gasteiger charge is -2.35. The van der Waals surface area contributed by atoms with Crippen LogP contribution >= 0.6 is 0 Å². The van der Waals surface area contributed by atoms with Crippen LogP contribution < -0.4 is 5.73 Å². The Hall–Kier alpha value is -1.38. The average Bonchev–Trinajstić information content (AvgIpc) is 2.47. The van der Waals surface area contributed by atoms with Crippen LogP contribution in [0.25, 0.3) is 10.8 Å². The summed E-state index contributed by atoms with van der Waals surface area (Å²) in [6.07, 6.45) is 1.15. The average molecular weight is 270 g/mol. The zero-order valence-corrected chi connectivity index (χ0v) is 12.8. The van der Waals surface area contributed by atoms with Gasteiger partial charge in [0.1, 0.15) is 0 Å². The van der Waals surface area contributed by atoms with Crippen molar-refractivity contribution in [1.29, 1.82) is 0 Å². The van der Waals surface area contributed by atoms with Crippen LogP contribution in [0.4, 0.5) is 0 Å². The molecule has 0 saturated carbocycles. The fourth-order valence-corrected chi connectivity index (χ4v) is 3.01.